The summed E-state index contributed by atoms with van der Waals surface area (Å²) >= 11 is 0. The molecule has 7 rings (SSSR count). The monoisotopic (exact) mass is 610 g/mol. The van der Waals surface area contributed by atoms with Crippen molar-refractivity contribution in [3.63, 3.8) is 0 Å². The summed E-state index contributed by atoms with van der Waals surface area (Å²) in [5.41, 5.74) is 5.82. The number of carbonyl (C=O) groups is 2. The van der Waals surface area contributed by atoms with Gasteiger partial charge in [-0.25, -0.2) is 4.39 Å². The number of nitrogens with zero attached hydrogens (tertiary/aromatic N) is 2. The molecule has 2 aliphatic carbocycles. The van der Waals surface area contributed by atoms with Crippen molar-refractivity contribution in [3.05, 3.63) is 23.5 Å². The molecule has 2 amide bonds. The summed E-state index contributed by atoms with van der Waals surface area (Å²) < 4.78 is 73.4. The molecule has 1 aromatic carbocycles. The maximum Gasteiger partial charge on any atom is 0.416 e. The molecule has 4 aliphatic heterocycles. The summed E-state index contributed by atoms with van der Waals surface area (Å²) in [6.45, 7) is 1.31. The van der Waals surface area contributed by atoms with Gasteiger partial charge in [-0.2, -0.15) is 13.2 Å². The lowest BCUT2D eigenvalue weighted by molar-refractivity contribution is -0.238. The van der Waals surface area contributed by atoms with Crippen LogP contribution in [-0.2, 0) is 19.1 Å². The van der Waals surface area contributed by atoms with Crippen LogP contribution in [0.15, 0.2) is 12.1 Å². The van der Waals surface area contributed by atoms with Gasteiger partial charge in [-0.1, -0.05) is 0 Å². The molecule has 2 saturated carbocycles. The molecule has 236 valence electrons. The first-order chi connectivity index (χ1) is 20.5. The van der Waals surface area contributed by atoms with Crippen molar-refractivity contribution >= 4 is 17.5 Å². The summed E-state index contributed by atoms with van der Waals surface area (Å²) in [6, 6.07) is 1.30. The minimum Gasteiger partial charge on any atom is -0.487 e. The number of likely N-dealkylation sites (tertiary alicyclic amines) is 1. The summed E-state index contributed by atoms with van der Waals surface area (Å²) in [4.78, 5) is 29.7. The average molecular weight is 611 g/mol. The predicted molar refractivity (Wildman–Crippen MR) is 146 cm³/mol. The second-order valence-electron chi connectivity index (χ2n) is 13.3. The Hall–Kier alpha value is -2.48. The minimum atomic E-state index is -4.65. The zero-order valence-corrected chi connectivity index (χ0v) is 23.9. The Morgan fingerprint density at radius 2 is 1.77 bits per heavy atom. The fourth-order valence-corrected chi connectivity index (χ4v) is 7.48. The molecule has 0 radical (unpaired) electrons. The van der Waals surface area contributed by atoms with E-state index >= 15 is 4.39 Å². The topological polar surface area (TPSA) is 106 Å². The Balaban J connectivity index is 1.17. The van der Waals surface area contributed by atoms with Crippen LogP contribution in [0.5, 0.6) is 5.75 Å². The molecule has 3 N–H and O–H groups in total. The number of hydrogen-bond donors (Lipinski definition) is 2. The number of hydrogen-bond acceptors (Lipinski definition) is 7. The lowest BCUT2D eigenvalue weighted by atomic mass is 9.79. The summed E-state index contributed by atoms with van der Waals surface area (Å²) in [5.74, 6) is -0.629. The normalized spacial score (nSPS) is 28.8. The zero-order chi connectivity index (χ0) is 30.1. The van der Waals surface area contributed by atoms with Gasteiger partial charge in [0.25, 0.3) is 0 Å². The number of anilines is 1. The third-order valence-corrected chi connectivity index (χ3v) is 10.3. The molecular weight excluding hydrogens is 572 g/mol. The highest BCUT2D eigenvalue weighted by Gasteiger charge is 2.52. The number of carbonyl (C=O) groups excluding carboxylic acids is 2. The molecule has 1 aromatic rings. The van der Waals surface area contributed by atoms with Crippen molar-refractivity contribution in [3.8, 4) is 5.75 Å². The van der Waals surface area contributed by atoms with E-state index in [0.717, 1.165) is 25.7 Å². The van der Waals surface area contributed by atoms with Gasteiger partial charge in [-0.15, -0.1) is 0 Å². The summed E-state index contributed by atoms with van der Waals surface area (Å²) in [5, 5.41) is 2.67. The van der Waals surface area contributed by atoms with Crippen molar-refractivity contribution < 1.29 is 41.4 Å². The van der Waals surface area contributed by atoms with Gasteiger partial charge >= 0.3 is 6.18 Å². The minimum absolute atomic E-state index is 0.0738. The third-order valence-electron chi connectivity index (χ3n) is 10.3. The number of benzene rings is 1. The lowest BCUT2D eigenvalue weighted by Gasteiger charge is -2.51. The lowest BCUT2D eigenvalue weighted by Crippen LogP contribution is -2.59. The number of fused-ring (bicyclic) bond motifs is 1. The van der Waals surface area contributed by atoms with Crippen molar-refractivity contribution in [2.24, 2.45) is 23.5 Å². The maximum absolute atomic E-state index is 15.6. The van der Waals surface area contributed by atoms with Crippen LogP contribution in [0.25, 0.3) is 0 Å². The highest BCUT2D eigenvalue weighted by Crippen LogP contribution is 2.51. The molecule has 2 unspecified atom stereocenters. The van der Waals surface area contributed by atoms with Crippen LogP contribution in [0.1, 0.15) is 56.6 Å². The second kappa shape index (κ2) is 10.8. The van der Waals surface area contributed by atoms with Gasteiger partial charge in [0.2, 0.25) is 11.8 Å². The third kappa shape index (κ3) is 5.73. The second-order valence-corrected chi connectivity index (χ2v) is 13.3. The largest absolute Gasteiger partial charge is 0.487 e. The molecule has 0 bridgehead atoms. The van der Waals surface area contributed by atoms with Crippen molar-refractivity contribution in [1.82, 2.24) is 9.80 Å². The molecule has 6 aliphatic rings. The van der Waals surface area contributed by atoms with Crippen LogP contribution in [0.2, 0.25) is 0 Å². The fraction of sp³-hybridized carbons (Fsp3) is 0.733. The van der Waals surface area contributed by atoms with E-state index in [0.29, 0.717) is 57.0 Å². The van der Waals surface area contributed by atoms with Gasteiger partial charge in [-0.3, -0.25) is 14.5 Å². The first kappa shape index (κ1) is 29.2. The number of ether oxygens (including phenoxy) is 3. The van der Waals surface area contributed by atoms with Crippen molar-refractivity contribution in [2.75, 3.05) is 44.8 Å². The van der Waals surface area contributed by atoms with Crippen molar-refractivity contribution in [1.29, 1.82) is 0 Å². The van der Waals surface area contributed by atoms with E-state index in [1.165, 1.54) is 17.0 Å². The summed E-state index contributed by atoms with van der Waals surface area (Å²) in [6.07, 6.45) is -1.21. The standard InChI is InChI=1S/C30H38F4N4O5/c31-20-9-19-22(38-12-24(30(32,33)34)42-15-25(38)39)11-29(5-7-37(8-6-29)18-13-41-14-18)43-23(19)10-21(20)36-28(40)27(35)26(16-1-2-16)17-3-4-17/h9-10,16-18,22,24,26-27H,1-8,11-15,35H2,(H,36,40)/t22?,24?,27-/m0/s1. The van der Waals surface area contributed by atoms with E-state index in [1.807, 2.05) is 0 Å². The van der Waals surface area contributed by atoms with Crippen LogP contribution in [0.3, 0.4) is 0 Å². The van der Waals surface area contributed by atoms with E-state index in [9.17, 15) is 22.8 Å². The quantitative estimate of drug-likeness (QED) is 0.456. The SMILES string of the molecule is N[C@H](C(=O)Nc1cc2c(cc1F)C(N1CC(C(F)(F)F)OCC1=O)CC1(CCN(C3COC3)CC1)O2)C(C1CC1)C1CC1. The first-order valence-electron chi connectivity index (χ1n) is 15.4. The molecule has 3 saturated heterocycles. The molecule has 4 heterocycles. The number of nitrogens with one attached hydrogen (secondary N) is 1. The van der Waals surface area contributed by atoms with Crippen LogP contribution in [-0.4, -0.2) is 91.0 Å². The molecule has 43 heavy (non-hydrogen) atoms. The predicted octanol–water partition coefficient (Wildman–Crippen LogP) is 3.37. The van der Waals surface area contributed by atoms with E-state index in [4.69, 9.17) is 19.9 Å². The Kier molecular flexibility index (Phi) is 7.38. The zero-order valence-electron chi connectivity index (χ0n) is 23.9. The Morgan fingerprint density at radius 3 is 2.35 bits per heavy atom. The Labute approximate surface area is 247 Å². The molecular formula is C30H38F4N4O5. The molecule has 3 atom stereocenters. The van der Waals surface area contributed by atoms with Crippen LogP contribution >= 0.6 is 0 Å². The van der Waals surface area contributed by atoms with E-state index in [2.05, 4.69) is 10.2 Å². The average Bonchev–Trinajstić information content (AvgIpc) is 3.86. The van der Waals surface area contributed by atoms with Gasteiger partial charge < -0.3 is 30.2 Å². The Morgan fingerprint density at radius 1 is 1.09 bits per heavy atom. The number of rotatable bonds is 7. The fourth-order valence-electron chi connectivity index (χ4n) is 7.48. The number of nitrogens with two attached hydrogens (primary N) is 1. The molecule has 9 nitrogen and oxygen atoms in total. The van der Waals surface area contributed by atoms with Gasteiger partial charge in [0.1, 0.15) is 23.8 Å². The highest BCUT2D eigenvalue weighted by atomic mass is 19.4. The maximum atomic E-state index is 15.6. The Bertz CT molecular complexity index is 1250. The summed E-state index contributed by atoms with van der Waals surface area (Å²) in [7, 11) is 0. The number of halogens is 4. The van der Waals surface area contributed by atoms with E-state index < -0.39 is 60.7 Å². The highest BCUT2D eigenvalue weighted by molar-refractivity contribution is 5.95. The molecule has 0 aromatic heterocycles. The van der Waals surface area contributed by atoms with Crippen LogP contribution < -0.4 is 15.8 Å². The first-order valence-corrected chi connectivity index (χ1v) is 15.4. The van der Waals surface area contributed by atoms with Gasteiger partial charge in [0.15, 0.2) is 6.10 Å². The molecule has 5 fully saturated rings. The van der Waals surface area contributed by atoms with Crippen LogP contribution in [0.4, 0.5) is 23.2 Å². The van der Waals surface area contributed by atoms with Gasteiger partial charge in [0, 0.05) is 31.1 Å². The van der Waals surface area contributed by atoms with E-state index in [-0.39, 0.29) is 29.3 Å². The van der Waals surface area contributed by atoms with Crippen molar-refractivity contribution in [2.45, 2.75) is 81.0 Å². The smallest absolute Gasteiger partial charge is 0.416 e. The number of piperidine rings is 1. The molecule has 13 heteroatoms. The number of amides is 2. The van der Waals surface area contributed by atoms with Crippen LogP contribution in [0, 0.1) is 23.6 Å². The molecule has 1 spiro atoms. The van der Waals surface area contributed by atoms with E-state index in [1.54, 1.807) is 0 Å². The van der Waals surface area contributed by atoms with Gasteiger partial charge in [-0.05, 0) is 62.3 Å². The number of morpholine rings is 1. The van der Waals surface area contributed by atoms with Gasteiger partial charge in [0.05, 0.1) is 43.6 Å². The number of alkyl halides is 3.